The summed E-state index contributed by atoms with van der Waals surface area (Å²) < 4.78 is 27.7. The maximum absolute atomic E-state index is 14.0. The molecule has 1 aromatic heterocycles. The Labute approximate surface area is 141 Å². The first-order valence-corrected chi connectivity index (χ1v) is 7.52. The van der Waals surface area contributed by atoms with Gasteiger partial charge >= 0.3 is 0 Å². The molecule has 0 amide bonds. The van der Waals surface area contributed by atoms with Crippen LogP contribution in [0.15, 0.2) is 48.7 Å². The van der Waals surface area contributed by atoms with Crippen LogP contribution in [0, 0.1) is 21.7 Å². The fourth-order valence-electron chi connectivity index (χ4n) is 2.52. The molecular weight excluding hydrogens is 330 g/mol. The summed E-state index contributed by atoms with van der Waals surface area (Å²) in [6, 6.07) is 9.93. The number of hydrogen-bond acceptors (Lipinski definition) is 5. The molecule has 3 rings (SSSR count). The number of aromatic nitrogens is 1. The van der Waals surface area contributed by atoms with E-state index in [0.717, 1.165) is 12.1 Å². The minimum Gasteiger partial charge on any atom is -0.383 e. The summed E-state index contributed by atoms with van der Waals surface area (Å²) in [6.07, 6.45) is 1.39. The van der Waals surface area contributed by atoms with Crippen LogP contribution >= 0.6 is 0 Å². The number of pyridine rings is 1. The predicted molar refractivity (Wildman–Crippen MR) is 91.7 cm³/mol. The minimum atomic E-state index is -0.599. The number of nitro groups is 1. The van der Waals surface area contributed by atoms with Crippen molar-refractivity contribution in [3.8, 4) is 0 Å². The number of nitrogens with zero attached hydrogens (tertiary/aromatic N) is 2. The van der Waals surface area contributed by atoms with Crippen molar-refractivity contribution < 1.29 is 13.7 Å². The van der Waals surface area contributed by atoms with E-state index < -0.39 is 16.6 Å². The van der Waals surface area contributed by atoms with E-state index in [9.17, 15) is 18.9 Å². The number of halogens is 2. The average molecular weight is 344 g/mol. The van der Waals surface area contributed by atoms with Crippen molar-refractivity contribution in [1.82, 2.24) is 4.98 Å². The number of fused-ring (bicyclic) bond motifs is 1. The molecule has 0 aliphatic heterocycles. The smallest absolute Gasteiger partial charge is 0.292 e. The summed E-state index contributed by atoms with van der Waals surface area (Å²) in [4.78, 5) is 14.4. The second-order valence-electron chi connectivity index (χ2n) is 5.24. The average Bonchev–Trinajstić information content (AvgIpc) is 2.62. The van der Waals surface area contributed by atoms with Gasteiger partial charge in [-0.05, 0) is 24.3 Å². The molecule has 128 valence electrons. The van der Waals surface area contributed by atoms with Crippen LogP contribution in [0.4, 0.5) is 25.8 Å². The van der Waals surface area contributed by atoms with E-state index in [1.54, 1.807) is 24.3 Å². The quantitative estimate of drug-likeness (QED) is 0.402. The van der Waals surface area contributed by atoms with E-state index in [1.165, 1.54) is 12.3 Å². The van der Waals surface area contributed by atoms with Crippen LogP contribution in [0.25, 0.3) is 10.9 Å². The van der Waals surface area contributed by atoms with Gasteiger partial charge in [0.05, 0.1) is 10.3 Å². The van der Waals surface area contributed by atoms with Gasteiger partial charge < -0.3 is 10.6 Å². The summed E-state index contributed by atoms with van der Waals surface area (Å²) in [5, 5.41) is 17.0. The number of para-hydroxylation sites is 2. The zero-order valence-corrected chi connectivity index (χ0v) is 13.0. The van der Waals surface area contributed by atoms with Gasteiger partial charge in [-0.25, -0.2) is 8.78 Å². The summed E-state index contributed by atoms with van der Waals surface area (Å²) in [7, 11) is 0. The normalized spacial score (nSPS) is 10.6. The maximum atomic E-state index is 14.0. The van der Waals surface area contributed by atoms with Gasteiger partial charge in [-0.2, -0.15) is 0 Å². The molecular formula is C17H14F2N4O2. The molecule has 2 aromatic carbocycles. The topological polar surface area (TPSA) is 80.1 Å². The predicted octanol–water partition coefficient (Wildman–Crippen LogP) is 3.95. The number of hydrogen-bond donors (Lipinski definition) is 2. The van der Waals surface area contributed by atoms with Crippen molar-refractivity contribution in [2.45, 2.75) is 0 Å². The van der Waals surface area contributed by atoms with Crippen molar-refractivity contribution in [3.63, 3.8) is 0 Å². The Kier molecular flexibility index (Phi) is 4.69. The van der Waals surface area contributed by atoms with Crippen molar-refractivity contribution in [2.75, 3.05) is 23.7 Å². The number of benzene rings is 2. The molecule has 25 heavy (non-hydrogen) atoms. The Morgan fingerprint density at radius 3 is 2.40 bits per heavy atom. The van der Waals surface area contributed by atoms with E-state index in [1.807, 2.05) is 0 Å². The number of rotatable bonds is 6. The van der Waals surface area contributed by atoms with E-state index in [2.05, 4.69) is 15.6 Å². The van der Waals surface area contributed by atoms with Crippen molar-refractivity contribution in [2.24, 2.45) is 0 Å². The van der Waals surface area contributed by atoms with Crippen LogP contribution in [0.2, 0.25) is 0 Å². The molecule has 3 aromatic rings. The highest BCUT2D eigenvalue weighted by molar-refractivity contribution is 5.91. The maximum Gasteiger partial charge on any atom is 0.292 e. The third-order valence-electron chi connectivity index (χ3n) is 3.65. The second kappa shape index (κ2) is 7.08. The molecule has 0 saturated carbocycles. The Hall–Kier alpha value is -3.29. The molecule has 0 aliphatic rings. The molecule has 0 unspecified atom stereocenters. The van der Waals surface area contributed by atoms with Crippen LogP contribution in [-0.4, -0.2) is 23.0 Å². The molecule has 8 heteroatoms. The van der Waals surface area contributed by atoms with Crippen molar-refractivity contribution in [1.29, 1.82) is 0 Å². The van der Waals surface area contributed by atoms with Gasteiger partial charge in [-0.15, -0.1) is 0 Å². The zero-order valence-electron chi connectivity index (χ0n) is 13.0. The van der Waals surface area contributed by atoms with Gasteiger partial charge in [0.1, 0.15) is 22.8 Å². The molecule has 0 fully saturated rings. The lowest BCUT2D eigenvalue weighted by Crippen LogP contribution is -2.14. The Balaban J connectivity index is 1.71. The van der Waals surface area contributed by atoms with Crippen molar-refractivity contribution in [3.05, 3.63) is 70.4 Å². The minimum absolute atomic E-state index is 0.0232. The first-order valence-electron chi connectivity index (χ1n) is 7.52. The SMILES string of the molecule is O=[N+]([O-])c1ccccc1NCCNc1ccnc2c(F)ccc(F)c12. The van der Waals surface area contributed by atoms with Gasteiger partial charge in [0.15, 0.2) is 0 Å². The largest absolute Gasteiger partial charge is 0.383 e. The summed E-state index contributed by atoms with van der Waals surface area (Å²) in [6.45, 7) is 0.701. The van der Waals surface area contributed by atoms with E-state index in [4.69, 9.17) is 0 Å². The van der Waals surface area contributed by atoms with Gasteiger partial charge in [0.2, 0.25) is 0 Å². The molecule has 0 atom stereocenters. The zero-order chi connectivity index (χ0) is 17.8. The fraction of sp³-hybridized carbons (Fsp3) is 0.118. The molecule has 1 heterocycles. The molecule has 0 radical (unpaired) electrons. The van der Waals surface area contributed by atoms with Gasteiger partial charge in [-0.3, -0.25) is 15.1 Å². The summed E-state index contributed by atoms with van der Waals surface area (Å²) >= 11 is 0. The third-order valence-corrected chi connectivity index (χ3v) is 3.65. The third kappa shape index (κ3) is 3.47. The van der Waals surface area contributed by atoms with Crippen LogP contribution in [-0.2, 0) is 0 Å². The lowest BCUT2D eigenvalue weighted by molar-refractivity contribution is -0.384. The molecule has 0 saturated heterocycles. The lowest BCUT2D eigenvalue weighted by atomic mass is 10.1. The van der Waals surface area contributed by atoms with Crippen LogP contribution in [0.5, 0.6) is 0 Å². The van der Waals surface area contributed by atoms with Crippen molar-refractivity contribution >= 4 is 28.0 Å². The van der Waals surface area contributed by atoms with Crippen LogP contribution in [0.1, 0.15) is 0 Å². The first kappa shape index (κ1) is 16.6. The molecule has 0 aliphatic carbocycles. The number of nitrogens with one attached hydrogen (secondary N) is 2. The number of nitro benzene ring substituents is 1. The monoisotopic (exact) mass is 344 g/mol. The Morgan fingerprint density at radius 1 is 0.960 bits per heavy atom. The second-order valence-corrected chi connectivity index (χ2v) is 5.24. The molecule has 0 bridgehead atoms. The van der Waals surface area contributed by atoms with Gasteiger partial charge in [0.25, 0.3) is 5.69 Å². The highest BCUT2D eigenvalue weighted by atomic mass is 19.1. The molecule has 6 nitrogen and oxygen atoms in total. The molecule has 2 N–H and O–H groups in total. The van der Waals surface area contributed by atoms with E-state index in [-0.39, 0.29) is 16.6 Å². The van der Waals surface area contributed by atoms with E-state index in [0.29, 0.717) is 24.5 Å². The number of anilines is 2. The Morgan fingerprint density at radius 2 is 1.64 bits per heavy atom. The van der Waals surface area contributed by atoms with Crippen LogP contribution < -0.4 is 10.6 Å². The fourth-order valence-corrected chi connectivity index (χ4v) is 2.52. The summed E-state index contributed by atoms with van der Waals surface area (Å²) in [5.41, 5.74) is 0.735. The molecule has 0 spiro atoms. The first-order chi connectivity index (χ1) is 12.1. The van der Waals surface area contributed by atoms with Gasteiger partial charge in [0, 0.05) is 31.0 Å². The highest BCUT2D eigenvalue weighted by Gasteiger charge is 2.13. The highest BCUT2D eigenvalue weighted by Crippen LogP contribution is 2.26. The van der Waals surface area contributed by atoms with Gasteiger partial charge in [-0.1, -0.05) is 12.1 Å². The summed E-state index contributed by atoms with van der Waals surface area (Å²) in [5.74, 6) is -1.17. The standard InChI is InChI=1S/C17H14F2N4O2/c18-11-5-6-12(19)17-16(11)14(7-8-22-17)21-10-9-20-13-3-1-2-4-15(13)23(24)25/h1-8,20H,9-10H2,(H,21,22). The van der Waals surface area contributed by atoms with E-state index >= 15 is 0 Å². The lowest BCUT2D eigenvalue weighted by Gasteiger charge is -2.11. The van der Waals surface area contributed by atoms with Crippen LogP contribution in [0.3, 0.4) is 0 Å². The Bertz CT molecular complexity index is 934.